The summed E-state index contributed by atoms with van der Waals surface area (Å²) in [5.74, 6) is 0. The first-order valence-electron chi connectivity index (χ1n) is 10.5. The molecule has 0 saturated heterocycles. The number of hydrogen-bond donors (Lipinski definition) is 2. The molecule has 6 nitrogen and oxygen atoms in total. The fourth-order valence-corrected chi connectivity index (χ4v) is 4.54. The lowest BCUT2D eigenvalue weighted by Gasteiger charge is -2.34. The van der Waals surface area contributed by atoms with E-state index in [0.29, 0.717) is 5.65 Å². The number of nitrogens with zero attached hydrogens (tertiary/aromatic N) is 3. The maximum Gasteiger partial charge on any atom is 0.347 e. The molecule has 0 spiro atoms. The Bertz CT molecular complexity index is 1480. The number of aromatic amines is 1. The predicted octanol–water partition coefficient (Wildman–Crippen LogP) is 3.53. The molecule has 152 valence electrons. The highest BCUT2D eigenvalue weighted by molar-refractivity contribution is 5.98. The van der Waals surface area contributed by atoms with Gasteiger partial charge in [0.05, 0.1) is 11.2 Å². The molecule has 1 fully saturated rings. The van der Waals surface area contributed by atoms with Crippen LogP contribution in [0.2, 0.25) is 0 Å². The lowest BCUT2D eigenvalue weighted by molar-refractivity contribution is -0.509. The van der Waals surface area contributed by atoms with E-state index in [2.05, 4.69) is 58.4 Å². The zero-order valence-electron chi connectivity index (χ0n) is 17.0. The molecular weight excluding hydrogens is 386 g/mol. The molecule has 0 atom stereocenters. The molecule has 0 radical (unpaired) electrons. The zero-order chi connectivity index (χ0) is 21.0. The average molecular weight is 408 g/mol. The topological polar surface area (TPSA) is 90.7 Å². The third-order valence-corrected chi connectivity index (χ3v) is 6.54. The third-order valence-electron chi connectivity index (χ3n) is 6.54. The Morgan fingerprint density at radius 3 is 2.45 bits per heavy atom. The van der Waals surface area contributed by atoms with Crippen molar-refractivity contribution in [3.8, 4) is 22.4 Å². The molecule has 2 aromatic carbocycles. The number of pyridine rings is 2. The van der Waals surface area contributed by atoms with Crippen LogP contribution in [0.3, 0.4) is 0 Å². The Labute approximate surface area is 178 Å². The summed E-state index contributed by atoms with van der Waals surface area (Å²) in [5, 5.41) is 7.58. The monoisotopic (exact) mass is 408 g/mol. The number of aromatic nitrogens is 4. The summed E-state index contributed by atoms with van der Waals surface area (Å²) in [7, 11) is 0. The Kier molecular flexibility index (Phi) is 3.85. The van der Waals surface area contributed by atoms with Gasteiger partial charge in [-0.05, 0) is 24.1 Å². The summed E-state index contributed by atoms with van der Waals surface area (Å²) in [5.41, 5.74) is 11.0. The first kappa shape index (κ1) is 18.0. The maximum atomic E-state index is 12.0. The van der Waals surface area contributed by atoms with Crippen molar-refractivity contribution in [2.45, 2.75) is 24.8 Å². The van der Waals surface area contributed by atoms with E-state index in [9.17, 15) is 4.79 Å². The summed E-state index contributed by atoms with van der Waals surface area (Å²) in [4.78, 5) is 17.0. The van der Waals surface area contributed by atoms with Gasteiger partial charge in [0.1, 0.15) is 5.54 Å². The van der Waals surface area contributed by atoms with Gasteiger partial charge in [-0.3, -0.25) is 0 Å². The standard InChI is InChI=1S/C25H21N5O/c26-25(12-4-13-25)18-9-7-17(8-10-18)22-19(16-5-2-1-3-6-16)15-20-21(27-22)11-14-30-23(20)28-29-24(30)31/h1-3,5-11,14-15H,4,12-13,26H2,(H,29,31)/p+1. The van der Waals surface area contributed by atoms with Crippen LogP contribution >= 0.6 is 0 Å². The number of H-pyrrole nitrogens is 1. The van der Waals surface area contributed by atoms with Crippen LogP contribution in [0.1, 0.15) is 24.8 Å². The van der Waals surface area contributed by atoms with Gasteiger partial charge in [-0.2, -0.15) is 5.10 Å². The van der Waals surface area contributed by atoms with Crippen molar-refractivity contribution < 1.29 is 5.73 Å². The maximum absolute atomic E-state index is 12.0. The van der Waals surface area contributed by atoms with Gasteiger partial charge in [0, 0.05) is 41.1 Å². The molecule has 6 heteroatoms. The van der Waals surface area contributed by atoms with E-state index in [4.69, 9.17) is 4.98 Å². The van der Waals surface area contributed by atoms with Gasteiger partial charge < -0.3 is 5.73 Å². The van der Waals surface area contributed by atoms with Crippen molar-refractivity contribution >= 4 is 16.6 Å². The number of rotatable bonds is 3. The van der Waals surface area contributed by atoms with Gasteiger partial charge in [0.25, 0.3) is 0 Å². The van der Waals surface area contributed by atoms with Crippen molar-refractivity contribution in [1.29, 1.82) is 0 Å². The molecule has 5 aromatic rings. The van der Waals surface area contributed by atoms with Gasteiger partial charge in [-0.1, -0.05) is 54.6 Å². The minimum Gasteiger partial charge on any atom is -0.349 e. The summed E-state index contributed by atoms with van der Waals surface area (Å²) >= 11 is 0. The van der Waals surface area contributed by atoms with Crippen molar-refractivity contribution in [2.75, 3.05) is 0 Å². The predicted molar refractivity (Wildman–Crippen MR) is 120 cm³/mol. The van der Waals surface area contributed by atoms with Gasteiger partial charge in [-0.25, -0.2) is 19.3 Å². The highest BCUT2D eigenvalue weighted by Gasteiger charge is 2.38. The molecule has 0 unspecified atom stereocenters. The van der Waals surface area contributed by atoms with E-state index in [-0.39, 0.29) is 11.2 Å². The second-order valence-corrected chi connectivity index (χ2v) is 8.43. The van der Waals surface area contributed by atoms with Crippen LogP contribution in [0.25, 0.3) is 38.9 Å². The second-order valence-electron chi connectivity index (χ2n) is 8.43. The molecule has 1 aliphatic carbocycles. The summed E-state index contributed by atoms with van der Waals surface area (Å²) in [6.07, 6.45) is 5.26. The Balaban J connectivity index is 1.59. The minimum absolute atomic E-state index is 0.0659. The van der Waals surface area contributed by atoms with Crippen molar-refractivity contribution in [3.63, 3.8) is 0 Å². The molecule has 3 aromatic heterocycles. The van der Waals surface area contributed by atoms with Crippen LogP contribution in [0.15, 0.2) is 77.7 Å². The van der Waals surface area contributed by atoms with Crippen LogP contribution < -0.4 is 11.4 Å². The lowest BCUT2D eigenvalue weighted by Crippen LogP contribution is -2.73. The molecule has 31 heavy (non-hydrogen) atoms. The highest BCUT2D eigenvalue weighted by atomic mass is 16.1. The van der Waals surface area contributed by atoms with Crippen LogP contribution in [-0.2, 0) is 5.54 Å². The van der Waals surface area contributed by atoms with Gasteiger partial charge in [0.15, 0.2) is 5.65 Å². The third kappa shape index (κ3) is 2.79. The van der Waals surface area contributed by atoms with Crippen LogP contribution in [0.4, 0.5) is 0 Å². The summed E-state index contributed by atoms with van der Waals surface area (Å²) in [6, 6.07) is 22.9. The van der Waals surface area contributed by atoms with Crippen molar-refractivity contribution in [3.05, 3.63) is 89.0 Å². The lowest BCUT2D eigenvalue weighted by atomic mass is 9.72. The molecule has 6 rings (SSSR count). The number of quaternary nitrogens is 1. The minimum atomic E-state index is -0.254. The molecule has 0 amide bonds. The zero-order valence-corrected chi connectivity index (χ0v) is 17.0. The summed E-state index contributed by atoms with van der Waals surface area (Å²) in [6.45, 7) is 0. The molecule has 3 heterocycles. The molecule has 1 saturated carbocycles. The summed E-state index contributed by atoms with van der Waals surface area (Å²) < 4.78 is 1.51. The van der Waals surface area contributed by atoms with E-state index in [0.717, 1.165) is 46.1 Å². The largest absolute Gasteiger partial charge is 0.349 e. The van der Waals surface area contributed by atoms with Crippen molar-refractivity contribution in [1.82, 2.24) is 19.6 Å². The fraction of sp³-hybridized carbons (Fsp3) is 0.160. The smallest absolute Gasteiger partial charge is 0.347 e. The van der Waals surface area contributed by atoms with Crippen LogP contribution in [-0.4, -0.2) is 19.6 Å². The molecule has 0 bridgehead atoms. The number of hydrogen-bond acceptors (Lipinski definition) is 3. The molecule has 1 aliphatic rings. The molecular formula is C25H22N5O+. The highest BCUT2D eigenvalue weighted by Crippen LogP contribution is 2.39. The quantitative estimate of drug-likeness (QED) is 0.478. The fourth-order valence-electron chi connectivity index (χ4n) is 4.54. The SMILES string of the molecule is [NH3+]C1(c2ccc(-c3nc4ccn5c(=O)[nH]nc5c4cc3-c3ccccc3)cc2)CCC1. The Morgan fingerprint density at radius 1 is 0.968 bits per heavy atom. The molecule has 4 N–H and O–H groups in total. The van der Waals surface area contributed by atoms with Gasteiger partial charge >= 0.3 is 5.69 Å². The Morgan fingerprint density at radius 2 is 1.74 bits per heavy atom. The molecule has 0 aliphatic heterocycles. The van der Waals surface area contributed by atoms with E-state index >= 15 is 0 Å². The Hall–Kier alpha value is -3.77. The number of fused-ring (bicyclic) bond motifs is 3. The van der Waals surface area contributed by atoms with E-state index in [1.165, 1.54) is 16.4 Å². The van der Waals surface area contributed by atoms with E-state index < -0.39 is 0 Å². The normalized spacial score (nSPS) is 15.3. The number of benzene rings is 2. The van der Waals surface area contributed by atoms with Gasteiger partial charge in [0.2, 0.25) is 0 Å². The van der Waals surface area contributed by atoms with E-state index in [1.807, 2.05) is 24.3 Å². The van der Waals surface area contributed by atoms with Crippen LogP contribution in [0, 0.1) is 0 Å². The average Bonchev–Trinajstić information content (AvgIpc) is 3.18. The van der Waals surface area contributed by atoms with Crippen molar-refractivity contribution in [2.24, 2.45) is 0 Å². The second kappa shape index (κ2) is 6.62. The first-order chi connectivity index (χ1) is 15.1. The van der Waals surface area contributed by atoms with E-state index in [1.54, 1.807) is 6.20 Å². The first-order valence-corrected chi connectivity index (χ1v) is 10.5. The number of nitrogens with one attached hydrogen (secondary N) is 1. The van der Waals surface area contributed by atoms with Gasteiger partial charge in [-0.15, -0.1) is 0 Å². The van der Waals surface area contributed by atoms with Crippen LogP contribution in [0.5, 0.6) is 0 Å².